The highest BCUT2D eigenvalue weighted by molar-refractivity contribution is 5.91. The molecule has 4 nitrogen and oxygen atoms in total. The summed E-state index contributed by atoms with van der Waals surface area (Å²) in [4.78, 5) is 19.0. The molecule has 0 bridgehead atoms. The van der Waals surface area contributed by atoms with Crippen LogP contribution < -0.4 is 0 Å². The van der Waals surface area contributed by atoms with Crippen LogP contribution in [0.25, 0.3) is 11.4 Å². The highest BCUT2D eigenvalue weighted by Crippen LogP contribution is 2.36. The zero-order valence-electron chi connectivity index (χ0n) is 10.3. The number of carbonyl (C=O) groups is 1. The van der Waals surface area contributed by atoms with Gasteiger partial charge in [0.2, 0.25) is 0 Å². The molecule has 0 fully saturated rings. The Morgan fingerprint density at radius 3 is 2.33 bits per heavy atom. The summed E-state index contributed by atoms with van der Waals surface area (Å²) in [6.45, 7) is 0. The lowest BCUT2D eigenvalue weighted by atomic mass is 10.0. The van der Waals surface area contributed by atoms with Crippen LogP contribution in [0.15, 0.2) is 36.7 Å². The Hall–Kier alpha value is -2.44. The predicted octanol–water partition coefficient (Wildman–Crippen LogP) is 3.59. The molecule has 0 aliphatic rings. The maximum absolute atomic E-state index is 13.0. The molecule has 2 rings (SSSR count). The second-order valence-corrected chi connectivity index (χ2v) is 3.82. The third-order valence-electron chi connectivity index (χ3n) is 2.55. The molecule has 1 aromatic heterocycles. The van der Waals surface area contributed by atoms with Gasteiger partial charge in [0.1, 0.15) is 0 Å². The number of rotatable bonds is 2. The Morgan fingerprint density at radius 1 is 1.19 bits per heavy atom. The topological polar surface area (TPSA) is 52.1 Å². The molecule has 0 aliphatic carbocycles. The van der Waals surface area contributed by atoms with Gasteiger partial charge in [0.25, 0.3) is 0 Å². The lowest BCUT2D eigenvalue weighted by Gasteiger charge is -2.12. The fraction of sp³-hybridized carbons (Fsp3) is 0.214. The van der Waals surface area contributed by atoms with Gasteiger partial charge in [-0.15, -0.1) is 0 Å². The molecule has 0 saturated carbocycles. The van der Waals surface area contributed by atoms with E-state index in [1.54, 1.807) is 0 Å². The molecule has 0 N–H and O–H groups in total. The van der Waals surface area contributed by atoms with Gasteiger partial charge in [-0.05, 0) is 24.3 Å². The van der Waals surface area contributed by atoms with Gasteiger partial charge >= 0.3 is 12.1 Å². The fourth-order valence-corrected chi connectivity index (χ4v) is 1.66. The Balaban J connectivity index is 0.00000220. The first-order chi connectivity index (χ1) is 9.43. The molecule has 112 valence electrons. The summed E-state index contributed by atoms with van der Waals surface area (Å²) >= 11 is 0. The van der Waals surface area contributed by atoms with E-state index in [1.165, 1.54) is 18.5 Å². The van der Waals surface area contributed by atoms with Crippen molar-refractivity contribution in [2.45, 2.75) is 13.6 Å². The summed E-state index contributed by atoms with van der Waals surface area (Å²) in [7, 11) is 1.15. The fourth-order valence-electron chi connectivity index (χ4n) is 1.66. The van der Waals surface area contributed by atoms with E-state index in [1.807, 2.05) is 0 Å². The largest absolute Gasteiger partial charge is 0.465 e. The van der Waals surface area contributed by atoms with Crippen molar-refractivity contribution < 1.29 is 22.7 Å². The minimum Gasteiger partial charge on any atom is -0.465 e. The number of methoxy groups -OCH3 is 1. The summed E-state index contributed by atoms with van der Waals surface area (Å²) in [6.07, 6.45) is -1.91. The monoisotopic (exact) mass is 298 g/mol. The van der Waals surface area contributed by atoms with Gasteiger partial charge < -0.3 is 4.74 Å². The first kappa shape index (κ1) is 16.6. The van der Waals surface area contributed by atoms with Gasteiger partial charge in [-0.25, -0.2) is 14.8 Å². The minimum atomic E-state index is -4.57. The first-order valence-corrected chi connectivity index (χ1v) is 5.50. The van der Waals surface area contributed by atoms with Crippen LogP contribution in [0.1, 0.15) is 23.3 Å². The van der Waals surface area contributed by atoms with Gasteiger partial charge in [-0.2, -0.15) is 13.2 Å². The normalized spacial score (nSPS) is 10.7. The molecule has 0 atom stereocenters. The molecule has 0 amide bonds. The zero-order valence-corrected chi connectivity index (χ0v) is 10.3. The second kappa shape index (κ2) is 6.34. The first-order valence-electron chi connectivity index (χ1n) is 5.50. The van der Waals surface area contributed by atoms with Crippen molar-refractivity contribution in [3.63, 3.8) is 0 Å². The van der Waals surface area contributed by atoms with E-state index in [9.17, 15) is 18.0 Å². The number of ether oxygens (including phenoxy) is 1. The van der Waals surface area contributed by atoms with Crippen molar-refractivity contribution in [2.75, 3.05) is 7.11 Å². The van der Waals surface area contributed by atoms with Gasteiger partial charge in [-0.1, -0.05) is 7.43 Å². The van der Waals surface area contributed by atoms with Gasteiger partial charge in [-0.3, -0.25) is 0 Å². The summed E-state index contributed by atoms with van der Waals surface area (Å²) in [5.74, 6) is -0.832. The molecule has 0 aliphatic heterocycles. The van der Waals surface area contributed by atoms with Gasteiger partial charge in [0.15, 0.2) is 5.82 Å². The van der Waals surface area contributed by atoms with Crippen LogP contribution >= 0.6 is 0 Å². The Kier molecular flexibility index (Phi) is 5.02. The lowest BCUT2D eigenvalue weighted by Crippen LogP contribution is -2.10. The summed E-state index contributed by atoms with van der Waals surface area (Å²) in [5, 5.41) is 0. The average molecular weight is 298 g/mol. The van der Waals surface area contributed by atoms with Gasteiger partial charge in [0.05, 0.1) is 18.2 Å². The summed E-state index contributed by atoms with van der Waals surface area (Å²) < 4.78 is 43.4. The predicted molar refractivity (Wildman–Crippen MR) is 70.5 cm³/mol. The maximum Gasteiger partial charge on any atom is 0.417 e. The van der Waals surface area contributed by atoms with E-state index in [4.69, 9.17) is 0 Å². The summed E-state index contributed by atoms with van der Waals surface area (Å²) in [5.41, 5.74) is -1.17. The number of alkyl halides is 3. The zero-order chi connectivity index (χ0) is 14.8. The Bertz CT molecular complexity index is 628. The van der Waals surface area contributed by atoms with Crippen molar-refractivity contribution in [3.8, 4) is 11.4 Å². The molecule has 0 spiro atoms. The Labute approximate surface area is 119 Å². The van der Waals surface area contributed by atoms with Crippen molar-refractivity contribution in [1.82, 2.24) is 9.97 Å². The van der Waals surface area contributed by atoms with E-state index in [0.717, 1.165) is 25.3 Å². The highest BCUT2D eigenvalue weighted by atomic mass is 19.4. The van der Waals surface area contributed by atoms with Crippen LogP contribution in [0.4, 0.5) is 13.2 Å². The minimum absolute atomic E-state index is 0. The number of hydrogen-bond acceptors (Lipinski definition) is 4. The highest BCUT2D eigenvalue weighted by Gasteiger charge is 2.34. The third-order valence-corrected chi connectivity index (χ3v) is 2.55. The number of benzene rings is 1. The molecular weight excluding hydrogens is 285 g/mol. The van der Waals surface area contributed by atoms with Crippen LogP contribution in [0.3, 0.4) is 0 Å². The average Bonchev–Trinajstić information content (AvgIpc) is 2.45. The molecular formula is C14H13F3N2O2. The van der Waals surface area contributed by atoms with Gasteiger partial charge in [0, 0.05) is 18.0 Å². The van der Waals surface area contributed by atoms with E-state index in [2.05, 4.69) is 14.7 Å². The van der Waals surface area contributed by atoms with Crippen LogP contribution in [-0.4, -0.2) is 23.0 Å². The molecule has 21 heavy (non-hydrogen) atoms. The van der Waals surface area contributed by atoms with Crippen molar-refractivity contribution >= 4 is 5.97 Å². The van der Waals surface area contributed by atoms with Crippen LogP contribution in [-0.2, 0) is 10.9 Å². The molecule has 2 aromatic rings. The number of hydrogen-bond donors (Lipinski definition) is 0. The SMILES string of the molecule is C.COC(=O)c1ccc(C(F)(F)F)c(-c2ncccn2)c1. The number of carbonyl (C=O) groups excluding carboxylic acids is 1. The molecule has 1 aromatic carbocycles. The maximum atomic E-state index is 13.0. The standard InChI is InChI=1S/C13H9F3N2O2.CH4/c1-20-12(19)8-3-4-10(13(14,15)16)9(7-8)11-17-5-2-6-18-11;/h2-7H,1H3;1H4. The van der Waals surface area contributed by atoms with Crippen molar-refractivity contribution in [2.24, 2.45) is 0 Å². The number of halogens is 3. The van der Waals surface area contributed by atoms with Crippen LogP contribution in [0.2, 0.25) is 0 Å². The van der Waals surface area contributed by atoms with Crippen molar-refractivity contribution in [1.29, 1.82) is 0 Å². The number of esters is 1. The van der Waals surface area contributed by atoms with E-state index in [0.29, 0.717) is 0 Å². The molecule has 0 unspecified atom stereocenters. The number of aromatic nitrogens is 2. The lowest BCUT2D eigenvalue weighted by molar-refractivity contribution is -0.137. The number of nitrogens with zero attached hydrogens (tertiary/aromatic N) is 2. The van der Waals surface area contributed by atoms with Crippen LogP contribution in [0.5, 0.6) is 0 Å². The van der Waals surface area contributed by atoms with E-state index < -0.39 is 17.7 Å². The molecule has 1 heterocycles. The van der Waals surface area contributed by atoms with Crippen molar-refractivity contribution in [3.05, 3.63) is 47.8 Å². The molecule has 0 radical (unpaired) electrons. The second-order valence-electron chi connectivity index (χ2n) is 3.82. The smallest absolute Gasteiger partial charge is 0.417 e. The molecule has 0 saturated heterocycles. The molecule has 7 heteroatoms. The van der Waals surface area contributed by atoms with E-state index >= 15 is 0 Å². The third kappa shape index (κ3) is 3.56. The van der Waals surface area contributed by atoms with E-state index in [-0.39, 0.29) is 24.4 Å². The summed E-state index contributed by atoms with van der Waals surface area (Å²) in [6, 6.07) is 4.43. The van der Waals surface area contributed by atoms with Crippen LogP contribution in [0, 0.1) is 0 Å². The Morgan fingerprint density at radius 2 is 1.81 bits per heavy atom. The quantitative estimate of drug-likeness (QED) is 0.795.